The second-order valence-corrected chi connectivity index (χ2v) is 49.6. The van der Waals surface area contributed by atoms with Gasteiger partial charge in [-0.05, 0) is 152 Å². The summed E-state index contributed by atoms with van der Waals surface area (Å²) in [4.78, 5) is 0. The fourth-order valence-corrected chi connectivity index (χ4v) is 31.0. The van der Waals surface area contributed by atoms with Gasteiger partial charge in [0.2, 0.25) is 0 Å². The van der Waals surface area contributed by atoms with Crippen LogP contribution in [0.1, 0.15) is 223 Å². The lowest BCUT2D eigenvalue weighted by atomic mass is 9.87. The van der Waals surface area contributed by atoms with Gasteiger partial charge in [0.15, 0.2) is 24.2 Å². The first-order valence-corrected chi connectivity index (χ1v) is 48.2. The van der Waals surface area contributed by atoms with Crippen molar-refractivity contribution in [2.45, 2.75) is 226 Å². The average Bonchev–Trinajstić information content (AvgIpc) is 1.59. The van der Waals surface area contributed by atoms with Gasteiger partial charge in [0.05, 0.1) is 17.1 Å². The quantitative estimate of drug-likeness (QED) is 0.0885. The van der Waals surface area contributed by atoms with Crippen LogP contribution < -0.4 is 57.1 Å². The highest BCUT2D eigenvalue weighted by atomic mass is 28.3. The lowest BCUT2D eigenvalue weighted by molar-refractivity contribution is 0.561. The molecule has 126 heavy (non-hydrogen) atoms. The van der Waals surface area contributed by atoms with Gasteiger partial charge in [-0.15, -0.1) is 0 Å². The molecule has 5 heteroatoms. The number of benzene rings is 14. The van der Waals surface area contributed by atoms with Gasteiger partial charge in [-0.3, -0.25) is 0 Å². The first kappa shape index (κ1) is 111. The van der Waals surface area contributed by atoms with Gasteiger partial charge in [-0.1, -0.05) is 554 Å². The Morgan fingerprint density at radius 2 is 0.460 bits per heavy atom. The molecule has 668 valence electrons. The second-order valence-electron chi connectivity index (χ2n) is 37.2. The van der Waals surface area contributed by atoms with Crippen molar-refractivity contribution in [2.75, 3.05) is 0 Å². The Morgan fingerprint density at radius 3 is 0.706 bits per heavy atom. The van der Waals surface area contributed by atoms with Crippen molar-refractivity contribution in [2.24, 2.45) is 17.2 Å². The lowest BCUT2D eigenvalue weighted by Crippen LogP contribution is -2.74. The SMILES string of the molecule is C.C.C.C.C.C.C.C.CC(C)(C)C#N.CC(C)(C)[Si](c1ccccc1)(c1ccccc1)c1ccccc1.CC(C)(C)c1ccc([Si](c2ccccc2)(c2ccccc2)c2ccccc2)cc1.CC(C)(C)c1cccc(-n2c3ccccc3c3ccccc32)c1.CC(C)(C)c1cccc([Si](c2ccccc2)(c2ccccc2)c2ccccc2)c1.CC(C)C.[2H]C(C)(C)C. The molecule has 0 bridgehead atoms. The molecule has 0 aliphatic rings. The van der Waals surface area contributed by atoms with E-state index in [1.165, 1.54) is 101 Å². The van der Waals surface area contributed by atoms with E-state index in [0.29, 0.717) is 0 Å². The molecule has 0 amide bonds. The molecular formula is C121H162N2Si3. The molecular weight excluding hydrogens is 1570 g/mol. The van der Waals surface area contributed by atoms with Crippen LogP contribution in [0.15, 0.2) is 394 Å². The lowest BCUT2D eigenvalue weighted by Gasteiger charge is -2.44. The van der Waals surface area contributed by atoms with Gasteiger partial charge in [0.1, 0.15) is 0 Å². The molecule has 0 unspecified atom stereocenters. The Labute approximate surface area is 774 Å². The zero-order valence-corrected chi connectivity index (χ0v) is 77.5. The standard InChI is InChI=1S/2C28H28Si.C22H21N.C22H24Si.C5H9N.2C4H10.8CH4/c1-28(2,3)23-14-13-21-27(22-23)29(24-15-7-4-8-16-24,25-17-9-5-10-18-25)26-19-11-6-12-20-26;1-28(2,3)23-19-21-27(22-20-23)29(24-13-7-4-8-14-24,25-15-9-5-10-16-25)26-17-11-6-12-18-26;1-22(2,3)16-9-8-10-17(15-16)23-20-13-6-4-11-18(20)19-12-5-7-14-21(19)23;1-22(2,3)23(19-13-7-4-8-14-19,20-15-9-5-10-16-20)21-17-11-6-12-18-21;1-5(2,3)4-6;2*1-4(2)3;;;;;;;;/h2*4-22H,1-3H3;4-15H,1-3H3;4-18H,1-3H3;1-3H3;2*4H,1-3H3;8*1H4/i;;;;;4D;;;;;;;;;. The summed E-state index contributed by atoms with van der Waals surface area (Å²) in [5.41, 5.74) is 8.13. The van der Waals surface area contributed by atoms with E-state index >= 15 is 0 Å². The number of nitriles is 1. The second kappa shape index (κ2) is 51.0. The monoisotopic (exact) mass is 1730 g/mol. The zero-order chi connectivity index (χ0) is 86.3. The van der Waals surface area contributed by atoms with Gasteiger partial charge in [0, 0.05) is 23.2 Å². The van der Waals surface area contributed by atoms with Crippen molar-refractivity contribution in [1.29, 1.82) is 5.26 Å². The maximum atomic E-state index is 8.15. The van der Waals surface area contributed by atoms with E-state index in [2.05, 4.69) is 509 Å². The molecule has 1 aromatic heterocycles. The Hall–Kier alpha value is -11.0. The van der Waals surface area contributed by atoms with Crippen LogP contribution >= 0.6 is 0 Å². The number of para-hydroxylation sites is 2. The van der Waals surface area contributed by atoms with Crippen LogP contribution in [0.4, 0.5) is 0 Å². The number of fused-ring (bicyclic) bond motifs is 3. The minimum atomic E-state index is -2.41. The summed E-state index contributed by atoms with van der Waals surface area (Å²) in [5.74, 6) is 0.583. The van der Waals surface area contributed by atoms with Crippen LogP contribution in [0.25, 0.3) is 27.5 Å². The molecule has 0 aliphatic heterocycles. The van der Waals surface area contributed by atoms with Crippen molar-refractivity contribution in [1.82, 2.24) is 4.57 Å². The normalized spacial score (nSPS) is 11.2. The van der Waals surface area contributed by atoms with Gasteiger partial charge >= 0.3 is 0 Å². The van der Waals surface area contributed by atoms with Crippen LogP contribution in [-0.2, 0) is 16.2 Å². The van der Waals surface area contributed by atoms with Crippen LogP contribution in [0.3, 0.4) is 0 Å². The third-order valence-electron chi connectivity index (χ3n) is 21.2. The van der Waals surface area contributed by atoms with Crippen LogP contribution in [-0.4, -0.2) is 28.8 Å². The van der Waals surface area contributed by atoms with Gasteiger partial charge < -0.3 is 4.57 Å². The molecule has 0 spiro atoms. The minimum absolute atomic E-state index is 0. The summed E-state index contributed by atoms with van der Waals surface area (Å²) < 4.78 is 9.31. The van der Waals surface area contributed by atoms with Crippen molar-refractivity contribution < 1.29 is 1.37 Å². The van der Waals surface area contributed by atoms with Crippen LogP contribution in [0.5, 0.6) is 0 Å². The highest BCUT2D eigenvalue weighted by Gasteiger charge is 2.49. The summed E-state index contributed by atoms with van der Waals surface area (Å²) in [6, 6.07) is 147. The molecule has 2 nitrogen and oxygen atoms in total. The molecule has 15 aromatic rings. The van der Waals surface area contributed by atoms with Crippen LogP contribution in [0, 0.1) is 28.6 Å². The number of nitrogens with zero attached hydrogens (tertiary/aromatic N) is 2. The van der Waals surface area contributed by atoms with E-state index in [-0.39, 0.29) is 92.0 Å². The van der Waals surface area contributed by atoms with E-state index in [9.17, 15) is 0 Å². The third kappa shape index (κ3) is 28.0. The van der Waals surface area contributed by atoms with E-state index in [1.807, 2.05) is 41.5 Å². The number of rotatable bonds is 12. The van der Waals surface area contributed by atoms with E-state index in [1.54, 1.807) is 0 Å². The van der Waals surface area contributed by atoms with E-state index in [4.69, 9.17) is 6.63 Å². The molecule has 0 fully saturated rings. The Morgan fingerprint density at radius 1 is 0.254 bits per heavy atom. The largest absolute Gasteiger partial charge is 0.309 e. The number of hydrogen-bond donors (Lipinski definition) is 0. The van der Waals surface area contributed by atoms with Crippen molar-refractivity contribution in [3.8, 4) is 11.8 Å². The highest BCUT2D eigenvalue weighted by molar-refractivity contribution is 7.20. The summed E-state index contributed by atoms with van der Waals surface area (Å²) in [6.07, 6.45) is 0. The number of aromatic nitrogens is 1. The maximum absolute atomic E-state index is 8.15. The van der Waals surface area contributed by atoms with Crippen molar-refractivity contribution >= 4 is 103 Å². The zero-order valence-electron chi connectivity index (χ0n) is 75.5. The van der Waals surface area contributed by atoms with Gasteiger partial charge in [-0.25, -0.2) is 0 Å². The molecule has 0 N–H and O–H groups in total. The molecule has 1 heterocycles. The van der Waals surface area contributed by atoms with Crippen LogP contribution in [0.2, 0.25) is 5.04 Å². The fraction of sp³-hybridized carbons (Fsp3) is 0.298. The molecule has 0 saturated heterocycles. The highest BCUT2D eigenvalue weighted by Crippen LogP contribution is 2.37. The molecule has 14 aromatic carbocycles. The first-order valence-electron chi connectivity index (χ1n) is 42.7. The summed E-state index contributed by atoms with van der Waals surface area (Å²) in [5, 5.41) is 26.7. The van der Waals surface area contributed by atoms with Gasteiger partial charge in [-0.2, -0.15) is 5.26 Å². The number of hydrogen-bond acceptors (Lipinski definition) is 1. The van der Waals surface area contributed by atoms with E-state index in [0.717, 1.165) is 5.92 Å². The third-order valence-corrected chi connectivity index (χ3v) is 36.6. The Bertz CT molecular complexity index is 5220. The predicted molar refractivity (Wildman–Crippen MR) is 581 cm³/mol. The average molecular weight is 1730 g/mol. The predicted octanol–water partition coefficient (Wildman–Crippen LogP) is 28.7. The summed E-state index contributed by atoms with van der Waals surface area (Å²) in [6.45, 7) is 45.4. The van der Waals surface area contributed by atoms with E-state index < -0.39 is 24.2 Å². The van der Waals surface area contributed by atoms with Crippen molar-refractivity contribution in [3.05, 3.63) is 411 Å². The fourth-order valence-electron chi connectivity index (χ4n) is 15.7. The molecule has 0 aliphatic carbocycles. The molecule has 15 rings (SSSR count). The first-order chi connectivity index (χ1) is 56.5. The Kier molecular flexibility index (Phi) is 44.9. The molecule has 0 radical (unpaired) electrons. The topological polar surface area (TPSA) is 28.7 Å². The smallest absolute Gasteiger partial charge is 0.179 e. The Balaban J connectivity index is 0.000000789. The molecule has 0 saturated carbocycles. The summed E-state index contributed by atoms with van der Waals surface area (Å²) in [7, 11) is -6.92. The maximum Gasteiger partial charge on any atom is 0.179 e. The summed E-state index contributed by atoms with van der Waals surface area (Å²) >= 11 is 0. The molecule has 0 atom stereocenters. The minimum Gasteiger partial charge on any atom is -0.309 e. The van der Waals surface area contributed by atoms with Crippen molar-refractivity contribution in [3.63, 3.8) is 0 Å². The van der Waals surface area contributed by atoms with Gasteiger partial charge in [0.25, 0.3) is 0 Å².